The number of carbonyl (C=O) groups is 1. The lowest BCUT2D eigenvalue weighted by molar-refractivity contribution is -0.115. The summed E-state index contributed by atoms with van der Waals surface area (Å²) in [5, 5.41) is 4.43. The van der Waals surface area contributed by atoms with Gasteiger partial charge in [-0.15, -0.1) is 0 Å². The number of methoxy groups -OCH3 is 1. The molecule has 0 spiro atoms. The highest BCUT2D eigenvalue weighted by Gasteiger charge is 2.24. The van der Waals surface area contributed by atoms with Crippen LogP contribution in [0.5, 0.6) is 11.5 Å². The fourth-order valence-electron chi connectivity index (χ4n) is 2.87. The zero-order valence-electron chi connectivity index (χ0n) is 17.0. The molecular formula is C24H18Cl2N2O3S. The monoisotopic (exact) mass is 484 g/mol. The van der Waals surface area contributed by atoms with E-state index in [0.717, 1.165) is 22.6 Å². The predicted molar refractivity (Wildman–Crippen MR) is 131 cm³/mol. The molecule has 1 heterocycles. The number of hydrogen-bond acceptors (Lipinski definition) is 5. The number of rotatable bonds is 6. The lowest BCUT2D eigenvalue weighted by Gasteiger charge is -2.09. The second-order valence-corrected chi connectivity index (χ2v) is 8.66. The molecule has 32 heavy (non-hydrogen) atoms. The number of halogens is 2. The lowest BCUT2D eigenvalue weighted by Crippen LogP contribution is -2.19. The second kappa shape index (κ2) is 10.1. The summed E-state index contributed by atoms with van der Waals surface area (Å²) in [5.74, 6) is 1.10. The molecule has 0 saturated carbocycles. The van der Waals surface area contributed by atoms with Crippen LogP contribution >= 0.6 is 35.0 Å². The van der Waals surface area contributed by atoms with E-state index in [9.17, 15) is 4.79 Å². The Morgan fingerprint density at radius 3 is 2.47 bits per heavy atom. The maximum absolute atomic E-state index is 12.3. The number of nitrogens with one attached hydrogen (secondary N) is 1. The van der Waals surface area contributed by atoms with E-state index in [0.29, 0.717) is 32.5 Å². The number of carbonyl (C=O) groups excluding carboxylic acids is 1. The van der Waals surface area contributed by atoms with Crippen molar-refractivity contribution in [3.8, 4) is 11.5 Å². The molecule has 1 aliphatic heterocycles. The van der Waals surface area contributed by atoms with Crippen molar-refractivity contribution in [2.75, 3.05) is 7.11 Å². The van der Waals surface area contributed by atoms with Crippen LogP contribution in [0.3, 0.4) is 0 Å². The standard InChI is InChI=1S/C24H18Cl2N2O3S/c1-30-19-9-7-18(8-10-19)27-24-28-23(29)22(32-24)13-16-4-11-21(20(26)12-16)31-14-15-2-5-17(25)6-3-15/h2-13H,14H2,1H3,(H,27,28,29)/b22-13-. The first-order valence-electron chi connectivity index (χ1n) is 9.60. The van der Waals surface area contributed by atoms with Crippen molar-refractivity contribution in [3.05, 3.63) is 92.8 Å². The number of aliphatic imine (C=N–C) groups is 1. The molecule has 1 fully saturated rings. The van der Waals surface area contributed by atoms with Gasteiger partial charge in [0.2, 0.25) is 0 Å². The second-order valence-electron chi connectivity index (χ2n) is 6.78. The summed E-state index contributed by atoms with van der Waals surface area (Å²) in [7, 11) is 1.61. The third kappa shape index (κ3) is 5.65. The summed E-state index contributed by atoms with van der Waals surface area (Å²) in [5.41, 5.74) is 2.50. The van der Waals surface area contributed by atoms with E-state index in [1.807, 2.05) is 54.6 Å². The van der Waals surface area contributed by atoms with E-state index < -0.39 is 0 Å². The van der Waals surface area contributed by atoms with Crippen molar-refractivity contribution in [2.24, 2.45) is 4.99 Å². The molecule has 0 aromatic heterocycles. The number of thioether (sulfide) groups is 1. The van der Waals surface area contributed by atoms with Crippen LogP contribution in [0.1, 0.15) is 11.1 Å². The van der Waals surface area contributed by atoms with E-state index in [1.165, 1.54) is 11.8 Å². The molecule has 1 saturated heterocycles. The van der Waals surface area contributed by atoms with Gasteiger partial charge in [0.25, 0.3) is 5.91 Å². The first-order valence-corrected chi connectivity index (χ1v) is 11.2. The minimum absolute atomic E-state index is 0.207. The average Bonchev–Trinajstić information content (AvgIpc) is 3.13. The number of amides is 1. The third-order valence-electron chi connectivity index (χ3n) is 4.52. The van der Waals surface area contributed by atoms with E-state index in [1.54, 1.807) is 25.3 Å². The molecule has 0 bridgehead atoms. The number of benzene rings is 3. The first-order chi connectivity index (χ1) is 15.5. The highest BCUT2D eigenvalue weighted by Crippen LogP contribution is 2.31. The fourth-order valence-corrected chi connectivity index (χ4v) is 4.08. The third-order valence-corrected chi connectivity index (χ3v) is 5.97. The molecule has 0 atom stereocenters. The molecule has 1 N–H and O–H groups in total. The topological polar surface area (TPSA) is 59.9 Å². The fraction of sp³-hybridized carbons (Fsp3) is 0.0833. The Hall–Kier alpha value is -2.93. The van der Waals surface area contributed by atoms with Crippen LogP contribution in [-0.2, 0) is 11.4 Å². The van der Waals surface area contributed by atoms with Gasteiger partial charge in [-0.2, -0.15) is 0 Å². The van der Waals surface area contributed by atoms with E-state index >= 15 is 0 Å². The Bertz CT molecular complexity index is 1190. The van der Waals surface area contributed by atoms with Gasteiger partial charge in [0.15, 0.2) is 5.17 Å². The van der Waals surface area contributed by atoms with Crippen LogP contribution in [0.2, 0.25) is 10.0 Å². The van der Waals surface area contributed by atoms with Gasteiger partial charge in [-0.1, -0.05) is 41.4 Å². The maximum atomic E-state index is 12.3. The lowest BCUT2D eigenvalue weighted by atomic mass is 10.2. The molecule has 3 aromatic carbocycles. The average molecular weight is 485 g/mol. The molecule has 1 aliphatic rings. The van der Waals surface area contributed by atoms with Gasteiger partial charge < -0.3 is 14.8 Å². The predicted octanol–water partition coefficient (Wildman–Crippen LogP) is 6.47. The minimum atomic E-state index is -0.207. The Morgan fingerprint density at radius 2 is 1.78 bits per heavy atom. The first kappa shape index (κ1) is 22.3. The van der Waals surface area contributed by atoms with Crippen molar-refractivity contribution >= 4 is 57.8 Å². The van der Waals surface area contributed by atoms with Crippen molar-refractivity contribution in [1.82, 2.24) is 5.32 Å². The number of amidine groups is 1. The SMILES string of the molecule is COc1ccc(N=C2NC(=O)/C(=C/c3ccc(OCc4ccc(Cl)cc4)c(Cl)c3)S2)cc1. The largest absolute Gasteiger partial charge is 0.497 e. The van der Waals surface area contributed by atoms with Gasteiger partial charge in [-0.25, -0.2) is 4.99 Å². The summed E-state index contributed by atoms with van der Waals surface area (Å²) in [6, 6.07) is 20.1. The number of nitrogens with zero attached hydrogens (tertiary/aromatic N) is 1. The molecule has 5 nitrogen and oxygen atoms in total. The van der Waals surface area contributed by atoms with Crippen LogP contribution in [0.15, 0.2) is 76.6 Å². The molecule has 0 aliphatic carbocycles. The van der Waals surface area contributed by atoms with Crippen molar-refractivity contribution in [3.63, 3.8) is 0 Å². The van der Waals surface area contributed by atoms with E-state index in [-0.39, 0.29) is 5.91 Å². The molecule has 8 heteroatoms. The van der Waals surface area contributed by atoms with Gasteiger partial charge in [0.1, 0.15) is 18.1 Å². The molecular weight excluding hydrogens is 467 g/mol. The minimum Gasteiger partial charge on any atom is -0.497 e. The Kier molecular flexibility index (Phi) is 7.05. The van der Waals surface area contributed by atoms with Gasteiger partial charge >= 0.3 is 0 Å². The van der Waals surface area contributed by atoms with Crippen molar-refractivity contribution in [2.45, 2.75) is 6.61 Å². The summed E-state index contributed by atoms with van der Waals surface area (Å²) < 4.78 is 10.9. The zero-order chi connectivity index (χ0) is 22.5. The highest BCUT2D eigenvalue weighted by atomic mass is 35.5. The normalized spacial score (nSPS) is 15.8. The van der Waals surface area contributed by atoms with Crippen LogP contribution in [-0.4, -0.2) is 18.2 Å². The van der Waals surface area contributed by atoms with Crippen LogP contribution in [0.25, 0.3) is 6.08 Å². The molecule has 4 rings (SSSR count). The van der Waals surface area contributed by atoms with Gasteiger partial charge in [0, 0.05) is 5.02 Å². The summed E-state index contributed by atoms with van der Waals surface area (Å²) in [4.78, 5) is 17.3. The Balaban J connectivity index is 1.43. The highest BCUT2D eigenvalue weighted by molar-refractivity contribution is 8.18. The summed E-state index contributed by atoms with van der Waals surface area (Å²) in [6.45, 7) is 0.376. The van der Waals surface area contributed by atoms with Crippen molar-refractivity contribution < 1.29 is 14.3 Å². The molecule has 0 radical (unpaired) electrons. The van der Waals surface area contributed by atoms with Gasteiger partial charge in [-0.3, -0.25) is 4.79 Å². The molecule has 0 unspecified atom stereocenters. The van der Waals surface area contributed by atoms with Crippen LogP contribution in [0.4, 0.5) is 5.69 Å². The summed E-state index contributed by atoms with van der Waals surface area (Å²) >= 11 is 13.6. The summed E-state index contributed by atoms with van der Waals surface area (Å²) in [6.07, 6.45) is 1.77. The Labute approximate surface area is 200 Å². The quantitative estimate of drug-likeness (QED) is 0.407. The molecule has 1 amide bonds. The maximum Gasteiger partial charge on any atom is 0.264 e. The number of hydrogen-bond donors (Lipinski definition) is 1. The smallest absolute Gasteiger partial charge is 0.264 e. The van der Waals surface area contributed by atoms with E-state index in [2.05, 4.69) is 10.3 Å². The Morgan fingerprint density at radius 1 is 1.03 bits per heavy atom. The number of ether oxygens (including phenoxy) is 2. The molecule has 162 valence electrons. The van der Waals surface area contributed by atoms with Crippen LogP contribution in [0, 0.1) is 0 Å². The molecule has 3 aromatic rings. The van der Waals surface area contributed by atoms with E-state index in [4.69, 9.17) is 32.7 Å². The van der Waals surface area contributed by atoms with Gasteiger partial charge in [0.05, 0.1) is 22.7 Å². The van der Waals surface area contributed by atoms with Crippen molar-refractivity contribution in [1.29, 1.82) is 0 Å². The van der Waals surface area contributed by atoms with Crippen LogP contribution < -0.4 is 14.8 Å². The zero-order valence-corrected chi connectivity index (χ0v) is 19.3. The van der Waals surface area contributed by atoms with Gasteiger partial charge in [-0.05, 0) is 77.5 Å².